The summed E-state index contributed by atoms with van der Waals surface area (Å²) in [5.74, 6) is 0.734. The standard InChI is InChI=1S/C16H26N4O4/c1-4-13-18-5-6-19(13)10-15(22)20-7-8-24-16(11-20,12-23-3)9-14(21)17-2/h5-6H,4,7-12H2,1-3H3,(H,17,21)/t16-/m1/s1. The van der Waals surface area contributed by atoms with Crippen molar-refractivity contribution in [2.45, 2.75) is 31.9 Å². The van der Waals surface area contributed by atoms with Crippen molar-refractivity contribution >= 4 is 11.8 Å². The van der Waals surface area contributed by atoms with Crippen molar-refractivity contribution in [3.05, 3.63) is 18.2 Å². The van der Waals surface area contributed by atoms with Crippen molar-refractivity contribution in [3.8, 4) is 0 Å². The molecule has 1 N–H and O–H groups in total. The number of amides is 2. The largest absolute Gasteiger partial charge is 0.382 e. The van der Waals surface area contributed by atoms with E-state index < -0.39 is 5.60 Å². The first-order valence-corrected chi connectivity index (χ1v) is 8.15. The summed E-state index contributed by atoms with van der Waals surface area (Å²) in [4.78, 5) is 30.5. The van der Waals surface area contributed by atoms with E-state index in [1.807, 2.05) is 17.7 Å². The van der Waals surface area contributed by atoms with Gasteiger partial charge in [-0.1, -0.05) is 6.92 Å². The van der Waals surface area contributed by atoms with Crippen molar-refractivity contribution in [1.29, 1.82) is 0 Å². The van der Waals surface area contributed by atoms with Gasteiger partial charge in [0.05, 0.1) is 26.2 Å². The molecule has 134 valence electrons. The van der Waals surface area contributed by atoms with Crippen LogP contribution in [0.15, 0.2) is 12.4 Å². The van der Waals surface area contributed by atoms with Crippen LogP contribution in [0, 0.1) is 0 Å². The van der Waals surface area contributed by atoms with Crippen LogP contribution in [-0.2, 0) is 32.0 Å². The number of morpholine rings is 1. The van der Waals surface area contributed by atoms with Gasteiger partial charge < -0.3 is 24.3 Å². The Morgan fingerprint density at radius 2 is 2.29 bits per heavy atom. The zero-order chi connectivity index (χ0) is 17.6. The van der Waals surface area contributed by atoms with Crippen LogP contribution in [0.2, 0.25) is 0 Å². The second-order valence-electron chi connectivity index (χ2n) is 5.95. The highest BCUT2D eigenvalue weighted by Crippen LogP contribution is 2.23. The highest BCUT2D eigenvalue weighted by molar-refractivity contribution is 5.78. The zero-order valence-electron chi connectivity index (χ0n) is 14.6. The second-order valence-corrected chi connectivity index (χ2v) is 5.95. The number of carbonyl (C=O) groups is 2. The summed E-state index contributed by atoms with van der Waals surface area (Å²) >= 11 is 0. The van der Waals surface area contributed by atoms with E-state index in [-0.39, 0.29) is 31.4 Å². The molecule has 2 amide bonds. The summed E-state index contributed by atoms with van der Waals surface area (Å²) in [5.41, 5.74) is -0.800. The quantitative estimate of drug-likeness (QED) is 0.746. The van der Waals surface area contributed by atoms with Crippen molar-refractivity contribution in [1.82, 2.24) is 19.8 Å². The van der Waals surface area contributed by atoms with Gasteiger partial charge in [0.25, 0.3) is 0 Å². The number of hydrogen-bond acceptors (Lipinski definition) is 5. The predicted octanol–water partition coefficient (Wildman–Crippen LogP) is -0.174. The van der Waals surface area contributed by atoms with Gasteiger partial charge in [-0.3, -0.25) is 9.59 Å². The van der Waals surface area contributed by atoms with Crippen LogP contribution in [0.25, 0.3) is 0 Å². The Bertz CT molecular complexity index is 570. The average Bonchev–Trinajstić information content (AvgIpc) is 3.02. The molecule has 1 aromatic rings. The third kappa shape index (κ3) is 4.33. The fourth-order valence-corrected chi connectivity index (χ4v) is 2.99. The minimum Gasteiger partial charge on any atom is -0.382 e. The molecule has 2 heterocycles. The highest BCUT2D eigenvalue weighted by atomic mass is 16.5. The summed E-state index contributed by atoms with van der Waals surface area (Å²) in [7, 11) is 3.15. The first-order valence-electron chi connectivity index (χ1n) is 8.15. The SMILES string of the molecule is CCc1nccn1CC(=O)N1CCO[C@](COC)(CC(=O)NC)C1. The van der Waals surface area contributed by atoms with Crippen LogP contribution in [0.3, 0.4) is 0 Å². The van der Waals surface area contributed by atoms with Crippen LogP contribution in [0.1, 0.15) is 19.2 Å². The lowest BCUT2D eigenvalue weighted by atomic mass is 9.97. The average molecular weight is 338 g/mol. The molecule has 1 aliphatic heterocycles. The molecule has 1 aliphatic rings. The molecule has 1 atom stereocenters. The summed E-state index contributed by atoms with van der Waals surface area (Å²) < 4.78 is 12.9. The fraction of sp³-hybridized carbons (Fsp3) is 0.688. The van der Waals surface area contributed by atoms with E-state index in [0.29, 0.717) is 19.7 Å². The molecule has 2 rings (SSSR count). The summed E-state index contributed by atoms with van der Waals surface area (Å²) in [5, 5.41) is 2.60. The van der Waals surface area contributed by atoms with Gasteiger partial charge in [0.15, 0.2) is 0 Å². The zero-order valence-corrected chi connectivity index (χ0v) is 14.6. The lowest BCUT2D eigenvalue weighted by Gasteiger charge is -2.42. The maximum atomic E-state index is 12.7. The molecule has 0 radical (unpaired) electrons. The van der Waals surface area contributed by atoms with Crippen LogP contribution in [0.4, 0.5) is 0 Å². The second kappa shape index (κ2) is 8.25. The number of rotatable bonds is 7. The number of aryl methyl sites for hydroxylation is 1. The van der Waals surface area contributed by atoms with Gasteiger partial charge in [0, 0.05) is 39.5 Å². The Morgan fingerprint density at radius 3 is 2.96 bits per heavy atom. The number of hydrogen-bond donors (Lipinski definition) is 1. The molecular weight excluding hydrogens is 312 g/mol. The Morgan fingerprint density at radius 1 is 1.50 bits per heavy atom. The van der Waals surface area contributed by atoms with E-state index in [4.69, 9.17) is 9.47 Å². The summed E-state index contributed by atoms with van der Waals surface area (Å²) in [6.07, 6.45) is 4.44. The van der Waals surface area contributed by atoms with Gasteiger partial charge in [-0.05, 0) is 0 Å². The Balaban J connectivity index is 2.07. The number of nitrogens with zero attached hydrogens (tertiary/aromatic N) is 3. The van der Waals surface area contributed by atoms with Gasteiger partial charge in [0.2, 0.25) is 11.8 Å². The Hall–Kier alpha value is -1.93. The molecule has 1 saturated heterocycles. The van der Waals surface area contributed by atoms with Crippen LogP contribution in [-0.4, -0.2) is 72.3 Å². The van der Waals surface area contributed by atoms with Crippen LogP contribution >= 0.6 is 0 Å². The van der Waals surface area contributed by atoms with Crippen molar-refractivity contribution in [2.24, 2.45) is 0 Å². The number of aromatic nitrogens is 2. The van der Waals surface area contributed by atoms with Crippen molar-refractivity contribution < 1.29 is 19.1 Å². The smallest absolute Gasteiger partial charge is 0.242 e. The van der Waals surface area contributed by atoms with Gasteiger partial charge in [-0.15, -0.1) is 0 Å². The minimum atomic E-state index is -0.800. The summed E-state index contributed by atoms with van der Waals surface area (Å²) in [6, 6.07) is 0. The topological polar surface area (TPSA) is 85.7 Å². The maximum absolute atomic E-state index is 12.7. The molecule has 0 unspecified atom stereocenters. The van der Waals surface area contributed by atoms with Crippen LogP contribution < -0.4 is 5.32 Å². The molecule has 0 aliphatic carbocycles. The lowest BCUT2D eigenvalue weighted by molar-refractivity contribution is -0.167. The Kier molecular flexibility index (Phi) is 6.33. The molecule has 0 spiro atoms. The number of nitrogens with one attached hydrogen (secondary N) is 1. The van der Waals surface area contributed by atoms with Crippen molar-refractivity contribution in [3.63, 3.8) is 0 Å². The first-order chi connectivity index (χ1) is 11.5. The lowest BCUT2D eigenvalue weighted by Crippen LogP contribution is -2.57. The van der Waals surface area contributed by atoms with Crippen molar-refractivity contribution in [2.75, 3.05) is 40.5 Å². The van der Waals surface area contributed by atoms with Gasteiger partial charge in [-0.2, -0.15) is 0 Å². The van der Waals surface area contributed by atoms with E-state index in [1.54, 1.807) is 25.3 Å². The molecule has 0 aromatic carbocycles. The van der Waals surface area contributed by atoms with Gasteiger partial charge in [0.1, 0.15) is 18.0 Å². The Labute approximate surface area is 142 Å². The van der Waals surface area contributed by atoms with E-state index in [9.17, 15) is 9.59 Å². The molecular formula is C16H26N4O4. The normalized spacial score (nSPS) is 20.9. The third-order valence-electron chi connectivity index (χ3n) is 4.19. The first kappa shape index (κ1) is 18.4. The van der Waals surface area contributed by atoms with Gasteiger partial charge in [-0.25, -0.2) is 4.98 Å². The molecule has 1 aromatic heterocycles. The predicted molar refractivity (Wildman–Crippen MR) is 87.4 cm³/mol. The van der Waals surface area contributed by atoms with E-state index in [0.717, 1.165) is 12.2 Å². The van der Waals surface area contributed by atoms with E-state index in [1.165, 1.54) is 0 Å². The highest BCUT2D eigenvalue weighted by Gasteiger charge is 2.40. The summed E-state index contributed by atoms with van der Waals surface area (Å²) in [6.45, 7) is 3.74. The van der Waals surface area contributed by atoms with E-state index >= 15 is 0 Å². The van der Waals surface area contributed by atoms with Gasteiger partial charge >= 0.3 is 0 Å². The number of carbonyl (C=O) groups excluding carboxylic acids is 2. The maximum Gasteiger partial charge on any atom is 0.242 e. The molecule has 0 saturated carbocycles. The number of methoxy groups -OCH3 is 1. The van der Waals surface area contributed by atoms with E-state index in [2.05, 4.69) is 10.3 Å². The number of ether oxygens (including phenoxy) is 2. The molecule has 24 heavy (non-hydrogen) atoms. The van der Waals surface area contributed by atoms with Crippen LogP contribution in [0.5, 0.6) is 0 Å². The fourth-order valence-electron chi connectivity index (χ4n) is 2.99. The molecule has 8 nitrogen and oxygen atoms in total. The number of imidazole rings is 1. The third-order valence-corrected chi connectivity index (χ3v) is 4.19. The minimum absolute atomic E-state index is 0.0108. The molecule has 0 bridgehead atoms. The monoisotopic (exact) mass is 338 g/mol. The molecule has 8 heteroatoms. The molecule has 1 fully saturated rings.